The predicted octanol–water partition coefficient (Wildman–Crippen LogP) is -1.04. The summed E-state index contributed by atoms with van der Waals surface area (Å²) in [4.78, 5) is 23.2. The van der Waals surface area contributed by atoms with Crippen LogP contribution >= 0.6 is 0 Å². The van der Waals surface area contributed by atoms with Crippen LogP contribution in [0, 0.1) is 0 Å². The topological polar surface area (TPSA) is 49.4 Å². The molecule has 0 aromatic heterocycles. The molecule has 1 saturated heterocycles. The Labute approximate surface area is 59.2 Å². The van der Waals surface area contributed by atoms with E-state index in [-0.39, 0.29) is 17.9 Å². The zero-order valence-corrected chi connectivity index (χ0v) is 6.05. The molecule has 0 bridgehead atoms. The number of likely N-dealkylation sites (N-methyl/N-ethyl adjacent to an activating group) is 1. The van der Waals surface area contributed by atoms with E-state index < -0.39 is 0 Å². The first-order chi connectivity index (χ1) is 4.61. The number of carbonyl (C=O) groups is 2. The summed E-state index contributed by atoms with van der Waals surface area (Å²) < 4.78 is 0. The lowest BCUT2D eigenvalue weighted by molar-refractivity contribution is -0.125. The van der Waals surface area contributed by atoms with Gasteiger partial charge < -0.3 is 0 Å². The summed E-state index contributed by atoms with van der Waals surface area (Å²) >= 11 is 0. The molecule has 1 fully saturated rings. The summed E-state index contributed by atoms with van der Waals surface area (Å²) in [6, 6.07) is -0.257. The molecule has 10 heavy (non-hydrogen) atoms. The summed E-state index contributed by atoms with van der Waals surface area (Å²) in [5, 5.41) is 2.23. The van der Waals surface area contributed by atoms with Gasteiger partial charge in [-0.3, -0.25) is 19.8 Å². The van der Waals surface area contributed by atoms with Crippen molar-refractivity contribution in [2.75, 3.05) is 14.1 Å². The first kappa shape index (κ1) is 7.21. The maximum Gasteiger partial charge on any atom is 0.244 e. The van der Waals surface area contributed by atoms with Crippen LogP contribution in [0.3, 0.4) is 0 Å². The Hall–Kier alpha value is -0.900. The van der Waals surface area contributed by atoms with Gasteiger partial charge in [0.15, 0.2) is 0 Å². The number of rotatable bonds is 1. The van der Waals surface area contributed by atoms with Crippen LogP contribution in [-0.2, 0) is 9.59 Å². The highest BCUT2D eigenvalue weighted by atomic mass is 16.2. The molecular weight excluding hydrogens is 132 g/mol. The van der Waals surface area contributed by atoms with E-state index in [1.807, 2.05) is 0 Å². The molecule has 0 aromatic rings. The van der Waals surface area contributed by atoms with Crippen LogP contribution in [0.5, 0.6) is 0 Å². The third-order valence-corrected chi connectivity index (χ3v) is 1.57. The summed E-state index contributed by atoms with van der Waals surface area (Å²) in [7, 11) is 3.56. The molecule has 1 atom stereocenters. The number of hydrogen-bond acceptors (Lipinski definition) is 3. The lowest BCUT2D eigenvalue weighted by Gasteiger charge is -2.13. The minimum absolute atomic E-state index is 0.177. The van der Waals surface area contributed by atoms with E-state index in [9.17, 15) is 9.59 Å². The minimum atomic E-state index is -0.257. The highest BCUT2D eigenvalue weighted by Crippen LogP contribution is 2.05. The van der Waals surface area contributed by atoms with Gasteiger partial charge in [-0.25, -0.2) is 0 Å². The maximum absolute atomic E-state index is 10.9. The third-order valence-electron chi connectivity index (χ3n) is 1.57. The third kappa shape index (κ3) is 1.16. The Bertz CT molecular complexity index is 177. The van der Waals surface area contributed by atoms with Crippen LogP contribution in [0.4, 0.5) is 0 Å². The SMILES string of the molecule is CN(C)C1CC(=O)NC1=O. The summed E-state index contributed by atoms with van der Waals surface area (Å²) in [5.41, 5.74) is 0. The van der Waals surface area contributed by atoms with Gasteiger partial charge in [0.05, 0.1) is 12.5 Å². The zero-order chi connectivity index (χ0) is 7.72. The molecule has 1 aliphatic heterocycles. The molecule has 0 radical (unpaired) electrons. The standard InChI is InChI=1S/C6H10N2O2/c1-8(2)4-3-5(9)7-6(4)10/h4H,3H2,1-2H3,(H,7,9,10). The molecule has 0 aromatic carbocycles. The highest BCUT2D eigenvalue weighted by molar-refractivity contribution is 6.05. The fraction of sp³-hybridized carbons (Fsp3) is 0.667. The molecule has 1 N–H and O–H groups in total. The molecule has 1 heterocycles. The molecule has 0 saturated carbocycles. The monoisotopic (exact) mass is 142 g/mol. The average molecular weight is 142 g/mol. The van der Waals surface area contributed by atoms with Crippen LogP contribution < -0.4 is 5.32 Å². The minimum Gasteiger partial charge on any atom is -0.298 e. The molecule has 1 unspecified atom stereocenters. The number of hydrogen-bond donors (Lipinski definition) is 1. The van der Waals surface area contributed by atoms with Crippen molar-refractivity contribution in [3.8, 4) is 0 Å². The molecule has 2 amide bonds. The number of nitrogens with one attached hydrogen (secondary N) is 1. The summed E-state index contributed by atoms with van der Waals surface area (Å²) in [6.45, 7) is 0. The Morgan fingerprint density at radius 1 is 1.50 bits per heavy atom. The fourth-order valence-electron chi connectivity index (χ4n) is 0.957. The first-order valence-electron chi connectivity index (χ1n) is 3.11. The molecule has 4 nitrogen and oxygen atoms in total. The maximum atomic E-state index is 10.9. The average Bonchev–Trinajstić information content (AvgIpc) is 2.10. The largest absolute Gasteiger partial charge is 0.298 e. The lowest BCUT2D eigenvalue weighted by atomic mass is 10.2. The van der Waals surface area contributed by atoms with Crippen molar-refractivity contribution in [1.82, 2.24) is 10.2 Å². The van der Waals surface area contributed by atoms with Crippen molar-refractivity contribution in [1.29, 1.82) is 0 Å². The van der Waals surface area contributed by atoms with Gasteiger partial charge in [0, 0.05) is 0 Å². The normalized spacial score (nSPS) is 25.7. The van der Waals surface area contributed by atoms with Gasteiger partial charge >= 0.3 is 0 Å². The van der Waals surface area contributed by atoms with Gasteiger partial charge in [-0.15, -0.1) is 0 Å². The van der Waals surface area contributed by atoms with Crippen LogP contribution in [0.25, 0.3) is 0 Å². The van der Waals surface area contributed by atoms with E-state index in [2.05, 4.69) is 5.32 Å². The second-order valence-electron chi connectivity index (χ2n) is 2.60. The molecule has 1 rings (SSSR count). The Morgan fingerprint density at radius 2 is 2.10 bits per heavy atom. The lowest BCUT2D eigenvalue weighted by Crippen LogP contribution is -2.35. The van der Waals surface area contributed by atoms with Crippen molar-refractivity contribution in [3.05, 3.63) is 0 Å². The van der Waals surface area contributed by atoms with E-state index >= 15 is 0 Å². The quantitative estimate of drug-likeness (QED) is 0.476. The molecule has 0 aliphatic carbocycles. The van der Waals surface area contributed by atoms with Gasteiger partial charge in [0.25, 0.3) is 0 Å². The van der Waals surface area contributed by atoms with Crippen molar-refractivity contribution < 1.29 is 9.59 Å². The number of amides is 2. The van der Waals surface area contributed by atoms with Gasteiger partial charge in [-0.1, -0.05) is 0 Å². The predicted molar refractivity (Wildman–Crippen MR) is 35.2 cm³/mol. The molecule has 56 valence electrons. The highest BCUT2D eigenvalue weighted by Gasteiger charge is 2.31. The van der Waals surface area contributed by atoms with Crippen molar-refractivity contribution in [3.63, 3.8) is 0 Å². The van der Waals surface area contributed by atoms with E-state index in [1.165, 1.54) is 0 Å². The Balaban J connectivity index is 2.63. The van der Waals surface area contributed by atoms with E-state index in [0.717, 1.165) is 0 Å². The number of imide groups is 1. The molecule has 4 heteroatoms. The van der Waals surface area contributed by atoms with Gasteiger partial charge in [0.2, 0.25) is 11.8 Å². The van der Waals surface area contributed by atoms with Gasteiger partial charge in [-0.05, 0) is 14.1 Å². The van der Waals surface area contributed by atoms with Crippen LogP contribution in [-0.4, -0.2) is 36.9 Å². The number of carbonyl (C=O) groups excluding carboxylic acids is 2. The van der Waals surface area contributed by atoms with Crippen LogP contribution in [0.15, 0.2) is 0 Å². The Morgan fingerprint density at radius 3 is 2.30 bits per heavy atom. The molecule has 0 spiro atoms. The van der Waals surface area contributed by atoms with Crippen molar-refractivity contribution in [2.24, 2.45) is 0 Å². The van der Waals surface area contributed by atoms with Crippen molar-refractivity contribution >= 4 is 11.8 Å². The number of nitrogens with zero attached hydrogens (tertiary/aromatic N) is 1. The van der Waals surface area contributed by atoms with E-state index in [1.54, 1.807) is 19.0 Å². The second-order valence-corrected chi connectivity index (χ2v) is 2.60. The van der Waals surface area contributed by atoms with E-state index in [4.69, 9.17) is 0 Å². The zero-order valence-electron chi connectivity index (χ0n) is 6.05. The summed E-state index contributed by atoms with van der Waals surface area (Å²) in [5.74, 6) is -0.362. The van der Waals surface area contributed by atoms with Crippen LogP contribution in [0.2, 0.25) is 0 Å². The van der Waals surface area contributed by atoms with E-state index in [0.29, 0.717) is 6.42 Å². The second kappa shape index (κ2) is 2.38. The fourth-order valence-corrected chi connectivity index (χ4v) is 0.957. The Kier molecular flexibility index (Phi) is 1.72. The molecule has 1 aliphatic rings. The first-order valence-corrected chi connectivity index (χ1v) is 3.11. The van der Waals surface area contributed by atoms with Crippen molar-refractivity contribution in [2.45, 2.75) is 12.5 Å². The summed E-state index contributed by atoms with van der Waals surface area (Å²) in [6.07, 6.45) is 0.297. The van der Waals surface area contributed by atoms with Gasteiger partial charge in [-0.2, -0.15) is 0 Å². The molecular formula is C6H10N2O2. The van der Waals surface area contributed by atoms with Crippen LogP contribution in [0.1, 0.15) is 6.42 Å². The smallest absolute Gasteiger partial charge is 0.244 e. The van der Waals surface area contributed by atoms with Gasteiger partial charge in [0.1, 0.15) is 0 Å².